The predicted molar refractivity (Wildman–Crippen MR) is 70.9 cm³/mol. The topological polar surface area (TPSA) is 69.7 Å². The molecule has 1 saturated heterocycles. The molecule has 0 radical (unpaired) electrons. The molecule has 6 nitrogen and oxygen atoms in total. The summed E-state index contributed by atoms with van der Waals surface area (Å²) in [6.45, 7) is 4.52. The molecule has 1 heterocycles. The number of nitrogens with zero attached hydrogens (tertiary/aromatic N) is 2. The second-order valence-electron chi connectivity index (χ2n) is 4.59. The number of carbonyl (C=O) groups excluding carboxylic acids is 1. The van der Waals surface area contributed by atoms with E-state index in [-0.39, 0.29) is 6.03 Å². The predicted octanol–water partition coefficient (Wildman–Crippen LogP) is 0.463. The van der Waals surface area contributed by atoms with Gasteiger partial charge in [0.25, 0.3) is 0 Å². The van der Waals surface area contributed by atoms with Crippen molar-refractivity contribution < 1.29 is 13.2 Å². The molecule has 2 amide bonds. The van der Waals surface area contributed by atoms with Gasteiger partial charge in [-0.1, -0.05) is 19.8 Å². The quantitative estimate of drug-likeness (QED) is 0.742. The van der Waals surface area contributed by atoms with Crippen molar-refractivity contribution in [3.8, 4) is 0 Å². The van der Waals surface area contributed by atoms with Gasteiger partial charge in [0, 0.05) is 32.7 Å². The van der Waals surface area contributed by atoms with Crippen LogP contribution in [0.3, 0.4) is 0 Å². The van der Waals surface area contributed by atoms with E-state index in [4.69, 9.17) is 0 Å². The van der Waals surface area contributed by atoms with Gasteiger partial charge in [-0.15, -0.1) is 0 Å². The molecule has 0 spiro atoms. The summed E-state index contributed by atoms with van der Waals surface area (Å²) < 4.78 is 24.0. The maximum absolute atomic E-state index is 11.8. The van der Waals surface area contributed by atoms with E-state index in [2.05, 4.69) is 12.2 Å². The molecule has 1 rings (SSSR count). The van der Waals surface area contributed by atoms with Crippen LogP contribution in [-0.4, -0.2) is 62.6 Å². The Labute approximate surface area is 109 Å². The number of carbonyl (C=O) groups is 1. The number of hydrogen-bond acceptors (Lipinski definition) is 3. The first-order valence-corrected chi connectivity index (χ1v) is 8.28. The van der Waals surface area contributed by atoms with E-state index in [0.29, 0.717) is 32.7 Å². The minimum atomic E-state index is -3.12. The van der Waals surface area contributed by atoms with E-state index in [9.17, 15) is 13.2 Å². The lowest BCUT2D eigenvalue weighted by Gasteiger charge is -2.33. The number of rotatable bonds is 5. The number of hydrogen-bond donors (Lipinski definition) is 1. The fourth-order valence-corrected chi connectivity index (χ4v) is 2.73. The molecule has 0 bridgehead atoms. The molecule has 0 aromatic carbocycles. The smallest absolute Gasteiger partial charge is 0.317 e. The van der Waals surface area contributed by atoms with E-state index in [0.717, 1.165) is 19.3 Å². The number of piperazine rings is 1. The minimum Gasteiger partial charge on any atom is -0.338 e. The van der Waals surface area contributed by atoms with Gasteiger partial charge in [0.2, 0.25) is 10.0 Å². The van der Waals surface area contributed by atoms with Crippen molar-refractivity contribution in [1.29, 1.82) is 0 Å². The van der Waals surface area contributed by atoms with Gasteiger partial charge in [-0.25, -0.2) is 13.2 Å². The van der Waals surface area contributed by atoms with Crippen molar-refractivity contribution in [2.24, 2.45) is 0 Å². The van der Waals surface area contributed by atoms with Crippen LogP contribution in [0.4, 0.5) is 4.79 Å². The lowest BCUT2D eigenvalue weighted by Crippen LogP contribution is -2.53. The highest BCUT2D eigenvalue weighted by molar-refractivity contribution is 7.88. The molecule has 0 saturated carbocycles. The lowest BCUT2D eigenvalue weighted by molar-refractivity contribution is 0.172. The largest absolute Gasteiger partial charge is 0.338 e. The average Bonchev–Trinajstić information content (AvgIpc) is 2.33. The Morgan fingerprint density at radius 2 is 1.78 bits per heavy atom. The van der Waals surface area contributed by atoms with Crippen LogP contribution >= 0.6 is 0 Å². The first-order chi connectivity index (χ1) is 8.45. The van der Waals surface area contributed by atoms with Crippen molar-refractivity contribution in [3.05, 3.63) is 0 Å². The van der Waals surface area contributed by atoms with Crippen molar-refractivity contribution in [3.63, 3.8) is 0 Å². The molecule has 1 N–H and O–H groups in total. The van der Waals surface area contributed by atoms with Crippen molar-refractivity contribution in [1.82, 2.24) is 14.5 Å². The van der Waals surface area contributed by atoms with E-state index < -0.39 is 10.0 Å². The molecule has 0 aliphatic carbocycles. The fraction of sp³-hybridized carbons (Fsp3) is 0.909. The van der Waals surface area contributed by atoms with Gasteiger partial charge in [0.1, 0.15) is 0 Å². The molecule has 106 valence electrons. The molecule has 0 aromatic heterocycles. The average molecular weight is 277 g/mol. The van der Waals surface area contributed by atoms with E-state index >= 15 is 0 Å². The summed E-state index contributed by atoms with van der Waals surface area (Å²) in [5, 5.41) is 2.86. The maximum Gasteiger partial charge on any atom is 0.317 e. The summed E-state index contributed by atoms with van der Waals surface area (Å²) in [4.78, 5) is 13.4. The summed E-state index contributed by atoms with van der Waals surface area (Å²) in [5.74, 6) is 0. The van der Waals surface area contributed by atoms with Gasteiger partial charge in [0.05, 0.1) is 6.26 Å². The van der Waals surface area contributed by atoms with E-state index in [1.165, 1.54) is 10.6 Å². The third kappa shape index (κ3) is 4.81. The van der Waals surface area contributed by atoms with Gasteiger partial charge < -0.3 is 10.2 Å². The number of urea groups is 1. The zero-order valence-electron chi connectivity index (χ0n) is 11.2. The zero-order chi connectivity index (χ0) is 13.6. The summed E-state index contributed by atoms with van der Waals surface area (Å²) in [6.07, 6.45) is 4.43. The SMILES string of the molecule is CCCCCNC(=O)N1CCN(S(C)(=O)=O)CC1. The van der Waals surface area contributed by atoms with Crippen LogP contribution in [0.15, 0.2) is 0 Å². The number of amides is 2. The third-order valence-corrected chi connectivity index (χ3v) is 4.35. The summed E-state index contributed by atoms with van der Waals surface area (Å²) >= 11 is 0. The van der Waals surface area contributed by atoms with Gasteiger partial charge in [-0.2, -0.15) is 4.31 Å². The molecule has 1 fully saturated rings. The fourth-order valence-electron chi connectivity index (χ4n) is 1.90. The summed E-state index contributed by atoms with van der Waals surface area (Å²) in [6, 6.07) is -0.0840. The third-order valence-electron chi connectivity index (χ3n) is 3.05. The van der Waals surface area contributed by atoms with Crippen LogP contribution < -0.4 is 5.32 Å². The van der Waals surface area contributed by atoms with E-state index in [1.54, 1.807) is 4.90 Å². The standard InChI is InChI=1S/C11H23N3O3S/c1-3-4-5-6-12-11(15)13-7-9-14(10-8-13)18(2,16)17/h3-10H2,1-2H3,(H,12,15). The van der Waals surface area contributed by atoms with Gasteiger partial charge in [-0.05, 0) is 6.42 Å². The molecular formula is C11H23N3O3S. The first-order valence-electron chi connectivity index (χ1n) is 6.43. The van der Waals surface area contributed by atoms with Crippen molar-refractivity contribution in [2.75, 3.05) is 39.0 Å². The highest BCUT2D eigenvalue weighted by atomic mass is 32.2. The molecular weight excluding hydrogens is 254 g/mol. The number of unbranched alkanes of at least 4 members (excludes halogenated alkanes) is 2. The van der Waals surface area contributed by atoms with Crippen molar-refractivity contribution in [2.45, 2.75) is 26.2 Å². The van der Waals surface area contributed by atoms with Crippen LogP contribution in [0.25, 0.3) is 0 Å². The highest BCUT2D eigenvalue weighted by Gasteiger charge is 2.25. The van der Waals surface area contributed by atoms with Crippen LogP contribution in [-0.2, 0) is 10.0 Å². The molecule has 18 heavy (non-hydrogen) atoms. The maximum atomic E-state index is 11.8. The molecule has 0 atom stereocenters. The zero-order valence-corrected chi connectivity index (χ0v) is 12.0. The second-order valence-corrected chi connectivity index (χ2v) is 6.57. The lowest BCUT2D eigenvalue weighted by atomic mass is 10.2. The van der Waals surface area contributed by atoms with Crippen LogP contribution in [0, 0.1) is 0 Å². The molecule has 0 aromatic rings. The Bertz CT molecular complexity index is 362. The summed E-state index contributed by atoms with van der Waals surface area (Å²) in [7, 11) is -3.12. The molecule has 1 aliphatic rings. The molecule has 7 heteroatoms. The van der Waals surface area contributed by atoms with Gasteiger partial charge in [-0.3, -0.25) is 0 Å². The molecule has 1 aliphatic heterocycles. The number of sulfonamides is 1. The second kappa shape index (κ2) is 6.94. The minimum absolute atomic E-state index is 0.0840. The Morgan fingerprint density at radius 3 is 2.28 bits per heavy atom. The van der Waals surface area contributed by atoms with Gasteiger partial charge >= 0.3 is 6.03 Å². The summed E-state index contributed by atoms with van der Waals surface area (Å²) in [5.41, 5.74) is 0. The Kier molecular flexibility index (Phi) is 5.87. The normalized spacial score (nSPS) is 17.8. The van der Waals surface area contributed by atoms with E-state index in [1.807, 2.05) is 0 Å². The van der Waals surface area contributed by atoms with Crippen molar-refractivity contribution >= 4 is 16.1 Å². The Balaban J connectivity index is 2.28. The Hall–Kier alpha value is -0.820. The number of nitrogens with one attached hydrogen (secondary N) is 1. The van der Waals surface area contributed by atoms with Crippen LogP contribution in [0.1, 0.15) is 26.2 Å². The molecule has 0 unspecified atom stereocenters. The Morgan fingerprint density at radius 1 is 1.17 bits per heavy atom. The highest BCUT2D eigenvalue weighted by Crippen LogP contribution is 2.06. The van der Waals surface area contributed by atoms with Gasteiger partial charge in [0.15, 0.2) is 0 Å². The monoisotopic (exact) mass is 277 g/mol. The first kappa shape index (κ1) is 15.2. The van der Waals surface area contributed by atoms with Crippen LogP contribution in [0.2, 0.25) is 0 Å². The van der Waals surface area contributed by atoms with Crippen LogP contribution in [0.5, 0.6) is 0 Å².